The third-order valence-corrected chi connectivity index (χ3v) is 1.91. The molecule has 0 fully saturated rings. The molecule has 0 atom stereocenters. The van der Waals surface area contributed by atoms with Gasteiger partial charge in [-0.05, 0) is 26.5 Å². The topological polar surface area (TPSA) is 37.8 Å². The summed E-state index contributed by atoms with van der Waals surface area (Å²) in [6, 6.07) is 2.04. The van der Waals surface area contributed by atoms with E-state index in [4.69, 9.17) is 0 Å². The molecule has 1 rings (SSSR count). The standard InChI is InChI=1S/C10H17N3/c1-4-9-7-8(2)12-10(13-9)5-6-11-3/h7,11H,4-6H2,1-3H3. The van der Waals surface area contributed by atoms with Gasteiger partial charge in [-0.25, -0.2) is 9.97 Å². The molecule has 1 aromatic heterocycles. The Morgan fingerprint density at radius 3 is 2.77 bits per heavy atom. The molecule has 1 aromatic rings. The van der Waals surface area contributed by atoms with E-state index in [1.807, 2.05) is 20.0 Å². The van der Waals surface area contributed by atoms with E-state index in [-0.39, 0.29) is 0 Å². The number of nitrogens with one attached hydrogen (secondary N) is 1. The largest absolute Gasteiger partial charge is 0.319 e. The van der Waals surface area contributed by atoms with E-state index in [2.05, 4.69) is 22.2 Å². The molecular formula is C10H17N3. The molecule has 0 aliphatic heterocycles. The fourth-order valence-electron chi connectivity index (χ4n) is 1.23. The van der Waals surface area contributed by atoms with Gasteiger partial charge in [-0.1, -0.05) is 6.92 Å². The second kappa shape index (κ2) is 4.92. The van der Waals surface area contributed by atoms with E-state index < -0.39 is 0 Å². The maximum Gasteiger partial charge on any atom is 0.130 e. The summed E-state index contributed by atoms with van der Waals surface area (Å²) in [5.41, 5.74) is 2.21. The van der Waals surface area contributed by atoms with Gasteiger partial charge in [-0.15, -0.1) is 0 Å². The Labute approximate surface area is 79.6 Å². The number of likely N-dealkylation sites (N-methyl/N-ethyl adjacent to an activating group) is 1. The van der Waals surface area contributed by atoms with E-state index in [0.29, 0.717) is 0 Å². The first-order valence-corrected chi connectivity index (χ1v) is 4.74. The van der Waals surface area contributed by atoms with Gasteiger partial charge in [0.05, 0.1) is 0 Å². The van der Waals surface area contributed by atoms with Gasteiger partial charge < -0.3 is 5.32 Å². The normalized spacial score (nSPS) is 10.4. The zero-order chi connectivity index (χ0) is 9.68. The highest BCUT2D eigenvalue weighted by molar-refractivity contribution is 5.10. The zero-order valence-corrected chi connectivity index (χ0v) is 8.59. The first kappa shape index (κ1) is 10.1. The number of hydrogen-bond donors (Lipinski definition) is 1. The zero-order valence-electron chi connectivity index (χ0n) is 8.59. The van der Waals surface area contributed by atoms with Crippen LogP contribution in [0.2, 0.25) is 0 Å². The lowest BCUT2D eigenvalue weighted by molar-refractivity contribution is 0.743. The van der Waals surface area contributed by atoms with E-state index >= 15 is 0 Å². The molecule has 0 aliphatic carbocycles. The van der Waals surface area contributed by atoms with E-state index in [1.165, 1.54) is 0 Å². The third kappa shape index (κ3) is 3.11. The first-order chi connectivity index (χ1) is 6.26. The van der Waals surface area contributed by atoms with Gasteiger partial charge in [0.2, 0.25) is 0 Å². The van der Waals surface area contributed by atoms with Crippen LogP contribution in [0.4, 0.5) is 0 Å². The van der Waals surface area contributed by atoms with Crippen LogP contribution < -0.4 is 5.32 Å². The number of rotatable bonds is 4. The number of aromatic nitrogens is 2. The Bertz CT molecular complexity index is 271. The van der Waals surface area contributed by atoms with Crippen LogP contribution in [0.25, 0.3) is 0 Å². The predicted octanol–water partition coefficient (Wildman–Crippen LogP) is 1.11. The highest BCUT2D eigenvalue weighted by Gasteiger charge is 1.99. The van der Waals surface area contributed by atoms with Crippen LogP contribution >= 0.6 is 0 Å². The minimum Gasteiger partial charge on any atom is -0.319 e. The molecule has 0 amide bonds. The lowest BCUT2D eigenvalue weighted by Crippen LogP contribution is -2.13. The smallest absolute Gasteiger partial charge is 0.130 e. The molecule has 3 nitrogen and oxygen atoms in total. The van der Waals surface area contributed by atoms with Crippen LogP contribution in [0.5, 0.6) is 0 Å². The van der Waals surface area contributed by atoms with Crippen molar-refractivity contribution in [3.05, 3.63) is 23.3 Å². The minimum atomic E-state index is 0.908. The van der Waals surface area contributed by atoms with Gasteiger partial charge >= 0.3 is 0 Å². The van der Waals surface area contributed by atoms with Crippen molar-refractivity contribution in [3.8, 4) is 0 Å². The summed E-state index contributed by atoms with van der Waals surface area (Å²) in [5.74, 6) is 0.950. The molecule has 0 aliphatic rings. The van der Waals surface area contributed by atoms with Crippen molar-refractivity contribution in [1.82, 2.24) is 15.3 Å². The molecule has 3 heteroatoms. The molecule has 0 radical (unpaired) electrons. The molecule has 0 bridgehead atoms. The van der Waals surface area contributed by atoms with E-state index in [1.54, 1.807) is 0 Å². The molecule has 0 spiro atoms. The second-order valence-corrected chi connectivity index (χ2v) is 3.12. The average molecular weight is 179 g/mol. The summed E-state index contributed by atoms with van der Waals surface area (Å²) in [5, 5.41) is 3.09. The fourth-order valence-corrected chi connectivity index (χ4v) is 1.23. The van der Waals surface area contributed by atoms with E-state index in [0.717, 1.165) is 36.6 Å². The fraction of sp³-hybridized carbons (Fsp3) is 0.600. The van der Waals surface area contributed by atoms with Crippen molar-refractivity contribution in [2.75, 3.05) is 13.6 Å². The lowest BCUT2D eigenvalue weighted by atomic mass is 10.2. The van der Waals surface area contributed by atoms with Crippen LogP contribution in [0.3, 0.4) is 0 Å². The SMILES string of the molecule is CCc1cc(C)nc(CCNC)n1. The average Bonchev–Trinajstić information content (AvgIpc) is 2.14. The summed E-state index contributed by atoms with van der Waals surface area (Å²) >= 11 is 0. The molecule has 1 N–H and O–H groups in total. The second-order valence-electron chi connectivity index (χ2n) is 3.12. The summed E-state index contributed by atoms with van der Waals surface area (Å²) in [6.45, 7) is 5.07. The van der Waals surface area contributed by atoms with Gasteiger partial charge in [-0.2, -0.15) is 0 Å². The number of aryl methyl sites for hydroxylation is 2. The third-order valence-electron chi connectivity index (χ3n) is 1.91. The highest BCUT2D eigenvalue weighted by Crippen LogP contribution is 2.01. The Morgan fingerprint density at radius 1 is 1.38 bits per heavy atom. The van der Waals surface area contributed by atoms with E-state index in [9.17, 15) is 0 Å². The maximum absolute atomic E-state index is 4.44. The number of hydrogen-bond acceptors (Lipinski definition) is 3. The maximum atomic E-state index is 4.44. The van der Waals surface area contributed by atoms with Crippen LogP contribution in [-0.4, -0.2) is 23.6 Å². The van der Waals surface area contributed by atoms with Gasteiger partial charge in [0.25, 0.3) is 0 Å². The van der Waals surface area contributed by atoms with Crippen LogP contribution in [-0.2, 0) is 12.8 Å². The Balaban J connectivity index is 2.76. The van der Waals surface area contributed by atoms with Gasteiger partial charge in [0.15, 0.2) is 0 Å². The Hall–Kier alpha value is -0.960. The van der Waals surface area contributed by atoms with Crippen LogP contribution in [0.1, 0.15) is 24.1 Å². The molecule has 72 valence electrons. The first-order valence-electron chi connectivity index (χ1n) is 4.74. The molecule has 0 aromatic carbocycles. The molecule has 0 saturated heterocycles. The van der Waals surface area contributed by atoms with Crippen molar-refractivity contribution < 1.29 is 0 Å². The monoisotopic (exact) mass is 179 g/mol. The molecular weight excluding hydrogens is 162 g/mol. The van der Waals surface area contributed by atoms with Gasteiger partial charge in [0.1, 0.15) is 5.82 Å². The molecule has 1 heterocycles. The van der Waals surface area contributed by atoms with Crippen LogP contribution in [0.15, 0.2) is 6.07 Å². The molecule has 0 saturated carbocycles. The quantitative estimate of drug-likeness (QED) is 0.752. The summed E-state index contributed by atoms with van der Waals surface area (Å²) < 4.78 is 0. The van der Waals surface area contributed by atoms with Crippen molar-refractivity contribution in [2.24, 2.45) is 0 Å². The van der Waals surface area contributed by atoms with Crippen molar-refractivity contribution >= 4 is 0 Å². The number of nitrogens with zero attached hydrogens (tertiary/aromatic N) is 2. The van der Waals surface area contributed by atoms with Crippen molar-refractivity contribution in [3.63, 3.8) is 0 Å². The molecule has 13 heavy (non-hydrogen) atoms. The molecule has 0 unspecified atom stereocenters. The Kier molecular flexibility index (Phi) is 3.83. The Morgan fingerprint density at radius 2 is 2.15 bits per heavy atom. The summed E-state index contributed by atoms with van der Waals surface area (Å²) in [7, 11) is 1.94. The minimum absolute atomic E-state index is 0.908. The van der Waals surface area contributed by atoms with Crippen molar-refractivity contribution in [1.29, 1.82) is 0 Å². The summed E-state index contributed by atoms with van der Waals surface area (Å²) in [4.78, 5) is 8.81. The predicted molar refractivity (Wildman–Crippen MR) is 53.8 cm³/mol. The van der Waals surface area contributed by atoms with Crippen LogP contribution in [0, 0.1) is 6.92 Å². The van der Waals surface area contributed by atoms with Gasteiger partial charge in [-0.3, -0.25) is 0 Å². The van der Waals surface area contributed by atoms with Gasteiger partial charge in [0, 0.05) is 24.4 Å². The lowest BCUT2D eigenvalue weighted by Gasteiger charge is -2.03. The highest BCUT2D eigenvalue weighted by atomic mass is 14.9. The van der Waals surface area contributed by atoms with Crippen molar-refractivity contribution in [2.45, 2.75) is 26.7 Å². The summed E-state index contributed by atoms with van der Waals surface area (Å²) in [6.07, 6.45) is 1.89.